The second kappa shape index (κ2) is 6.81. The third-order valence-electron chi connectivity index (χ3n) is 4.34. The van der Waals surface area contributed by atoms with Crippen LogP contribution in [0.3, 0.4) is 0 Å². The van der Waals surface area contributed by atoms with Crippen LogP contribution in [0.1, 0.15) is 15.9 Å². The van der Waals surface area contributed by atoms with Crippen molar-refractivity contribution < 1.29 is 4.79 Å². The van der Waals surface area contributed by atoms with Crippen molar-refractivity contribution in [3.05, 3.63) is 102 Å². The second-order valence-electron chi connectivity index (χ2n) is 6.23. The Balaban J connectivity index is 1.87. The fraction of sp³-hybridized carbons (Fsp3) is 0.0435. The quantitative estimate of drug-likeness (QED) is 0.514. The molecule has 4 rings (SSSR count). The van der Waals surface area contributed by atoms with Gasteiger partial charge in [0.2, 0.25) is 0 Å². The van der Waals surface area contributed by atoms with Gasteiger partial charge in [0.25, 0.3) is 5.91 Å². The highest BCUT2D eigenvalue weighted by atomic mass is 16.2. The normalized spacial score (nSPS) is 10.7. The van der Waals surface area contributed by atoms with E-state index < -0.39 is 0 Å². The molecule has 0 aliphatic rings. The number of aryl methyl sites for hydroxylation is 1. The van der Waals surface area contributed by atoms with Crippen LogP contribution < -0.4 is 0 Å². The average Bonchev–Trinajstić information content (AvgIpc) is 3.15. The molecular weight excluding hydrogens is 320 g/mol. The molecule has 3 aromatic carbocycles. The lowest BCUT2D eigenvalue weighted by Crippen LogP contribution is -2.14. The van der Waals surface area contributed by atoms with Crippen LogP contribution in [0.4, 0.5) is 0 Å². The molecule has 3 heteroatoms. The van der Waals surface area contributed by atoms with E-state index in [1.165, 1.54) is 10.2 Å². The van der Waals surface area contributed by atoms with Crippen molar-refractivity contribution in [2.45, 2.75) is 6.92 Å². The summed E-state index contributed by atoms with van der Waals surface area (Å²) in [6.45, 7) is 2.05. The largest absolute Gasteiger partial charge is 0.278 e. The highest BCUT2D eigenvalue weighted by Gasteiger charge is 2.18. The molecule has 126 valence electrons. The van der Waals surface area contributed by atoms with E-state index in [-0.39, 0.29) is 5.91 Å². The fourth-order valence-electron chi connectivity index (χ4n) is 2.92. The SMILES string of the molecule is Cc1ccc(-c2cc(-c3ccccc3)nn2C(=O)c2ccccc2)cc1. The molecule has 4 aromatic rings. The van der Waals surface area contributed by atoms with Crippen molar-refractivity contribution in [1.82, 2.24) is 9.78 Å². The predicted molar refractivity (Wildman–Crippen MR) is 104 cm³/mol. The Hall–Kier alpha value is -3.46. The minimum Gasteiger partial charge on any atom is -0.267 e. The molecule has 1 heterocycles. The van der Waals surface area contributed by atoms with Crippen LogP contribution in [0, 0.1) is 6.92 Å². The van der Waals surface area contributed by atoms with Crippen molar-refractivity contribution in [2.24, 2.45) is 0 Å². The molecule has 3 nitrogen and oxygen atoms in total. The first-order valence-corrected chi connectivity index (χ1v) is 8.55. The van der Waals surface area contributed by atoms with E-state index in [1.807, 2.05) is 97.9 Å². The van der Waals surface area contributed by atoms with Crippen molar-refractivity contribution in [2.75, 3.05) is 0 Å². The lowest BCUT2D eigenvalue weighted by atomic mass is 10.1. The van der Waals surface area contributed by atoms with Crippen molar-refractivity contribution in [3.63, 3.8) is 0 Å². The predicted octanol–water partition coefficient (Wildman–Crippen LogP) is 5.21. The van der Waals surface area contributed by atoms with Gasteiger partial charge in [-0.2, -0.15) is 9.78 Å². The molecule has 0 amide bonds. The van der Waals surface area contributed by atoms with E-state index >= 15 is 0 Å². The highest BCUT2D eigenvalue weighted by molar-refractivity contribution is 5.98. The number of rotatable bonds is 3. The van der Waals surface area contributed by atoms with Crippen LogP contribution in [0.5, 0.6) is 0 Å². The average molecular weight is 338 g/mol. The van der Waals surface area contributed by atoms with Gasteiger partial charge in [-0.25, -0.2) is 0 Å². The van der Waals surface area contributed by atoms with Gasteiger partial charge in [0, 0.05) is 16.7 Å². The fourth-order valence-corrected chi connectivity index (χ4v) is 2.92. The summed E-state index contributed by atoms with van der Waals surface area (Å²) in [5.74, 6) is -0.136. The maximum absolute atomic E-state index is 13.1. The first kappa shape index (κ1) is 16.0. The lowest BCUT2D eigenvalue weighted by Gasteiger charge is -2.06. The molecule has 0 fully saturated rings. The molecule has 0 aliphatic heterocycles. The topological polar surface area (TPSA) is 34.9 Å². The Bertz CT molecular complexity index is 1030. The minimum absolute atomic E-state index is 0.136. The molecule has 0 saturated heterocycles. The molecule has 0 N–H and O–H groups in total. The Kier molecular flexibility index (Phi) is 4.20. The molecular formula is C23H18N2O. The van der Waals surface area contributed by atoms with Gasteiger partial charge in [-0.3, -0.25) is 4.79 Å². The van der Waals surface area contributed by atoms with E-state index in [0.717, 1.165) is 22.5 Å². The molecule has 0 spiro atoms. The number of carbonyl (C=O) groups is 1. The Morgan fingerprint density at radius 2 is 1.38 bits per heavy atom. The molecule has 1 aromatic heterocycles. The molecule has 0 atom stereocenters. The van der Waals surface area contributed by atoms with Gasteiger partial charge in [0.05, 0.1) is 11.4 Å². The third-order valence-corrected chi connectivity index (χ3v) is 4.34. The summed E-state index contributed by atoms with van der Waals surface area (Å²) in [7, 11) is 0. The second-order valence-corrected chi connectivity index (χ2v) is 6.23. The Labute approximate surface area is 152 Å². The monoisotopic (exact) mass is 338 g/mol. The van der Waals surface area contributed by atoms with Gasteiger partial charge < -0.3 is 0 Å². The number of benzene rings is 3. The van der Waals surface area contributed by atoms with Crippen molar-refractivity contribution in [3.8, 4) is 22.5 Å². The number of nitrogens with zero attached hydrogens (tertiary/aromatic N) is 2. The van der Waals surface area contributed by atoms with E-state index in [9.17, 15) is 4.79 Å². The lowest BCUT2D eigenvalue weighted by molar-refractivity contribution is 0.0947. The zero-order valence-corrected chi connectivity index (χ0v) is 14.5. The van der Waals surface area contributed by atoms with Crippen LogP contribution in [-0.2, 0) is 0 Å². The number of aromatic nitrogens is 2. The van der Waals surface area contributed by atoms with Gasteiger partial charge in [-0.1, -0.05) is 78.4 Å². The standard InChI is InChI=1S/C23H18N2O/c1-17-12-14-19(15-13-17)22-16-21(18-8-4-2-5-9-18)24-25(22)23(26)20-10-6-3-7-11-20/h2-16H,1H3. The molecule has 0 unspecified atom stereocenters. The first-order chi connectivity index (χ1) is 12.7. The Morgan fingerprint density at radius 3 is 2.04 bits per heavy atom. The van der Waals surface area contributed by atoms with Crippen molar-refractivity contribution >= 4 is 5.91 Å². The first-order valence-electron chi connectivity index (χ1n) is 8.55. The molecule has 0 saturated carbocycles. The van der Waals surface area contributed by atoms with Crippen LogP contribution in [0.2, 0.25) is 0 Å². The van der Waals surface area contributed by atoms with Gasteiger partial charge in [0.15, 0.2) is 0 Å². The van der Waals surface area contributed by atoms with E-state index in [1.54, 1.807) is 0 Å². The molecule has 26 heavy (non-hydrogen) atoms. The van der Waals surface area contributed by atoms with Gasteiger partial charge in [-0.15, -0.1) is 0 Å². The molecule has 0 radical (unpaired) electrons. The maximum Gasteiger partial charge on any atom is 0.278 e. The van der Waals surface area contributed by atoms with Gasteiger partial charge >= 0.3 is 0 Å². The number of hydrogen-bond acceptors (Lipinski definition) is 2. The van der Waals surface area contributed by atoms with E-state index in [4.69, 9.17) is 0 Å². The van der Waals surface area contributed by atoms with E-state index in [0.29, 0.717) is 5.56 Å². The minimum atomic E-state index is -0.136. The summed E-state index contributed by atoms with van der Waals surface area (Å²) in [5.41, 5.74) is 5.32. The van der Waals surface area contributed by atoms with Crippen LogP contribution >= 0.6 is 0 Å². The molecule has 0 bridgehead atoms. The van der Waals surface area contributed by atoms with Crippen LogP contribution in [-0.4, -0.2) is 15.7 Å². The zero-order chi connectivity index (χ0) is 17.9. The van der Waals surface area contributed by atoms with Crippen LogP contribution in [0.15, 0.2) is 91.0 Å². The van der Waals surface area contributed by atoms with Crippen molar-refractivity contribution in [1.29, 1.82) is 0 Å². The Morgan fingerprint density at radius 1 is 0.769 bits per heavy atom. The van der Waals surface area contributed by atoms with Gasteiger partial charge in [-0.05, 0) is 25.1 Å². The highest BCUT2D eigenvalue weighted by Crippen LogP contribution is 2.27. The summed E-state index contributed by atoms with van der Waals surface area (Å²) in [6.07, 6.45) is 0. The number of carbonyl (C=O) groups excluding carboxylic acids is 1. The summed E-state index contributed by atoms with van der Waals surface area (Å²) in [6, 6.07) is 29.3. The summed E-state index contributed by atoms with van der Waals surface area (Å²) in [5, 5.41) is 4.62. The zero-order valence-electron chi connectivity index (χ0n) is 14.5. The van der Waals surface area contributed by atoms with Crippen LogP contribution in [0.25, 0.3) is 22.5 Å². The smallest absolute Gasteiger partial charge is 0.267 e. The summed E-state index contributed by atoms with van der Waals surface area (Å²) < 4.78 is 1.50. The maximum atomic E-state index is 13.1. The number of hydrogen-bond donors (Lipinski definition) is 0. The summed E-state index contributed by atoms with van der Waals surface area (Å²) in [4.78, 5) is 13.1. The summed E-state index contributed by atoms with van der Waals surface area (Å²) >= 11 is 0. The van der Waals surface area contributed by atoms with Gasteiger partial charge in [0.1, 0.15) is 0 Å². The van der Waals surface area contributed by atoms with E-state index in [2.05, 4.69) is 5.10 Å². The molecule has 0 aliphatic carbocycles. The third kappa shape index (κ3) is 3.07.